The van der Waals surface area contributed by atoms with Crippen molar-refractivity contribution in [3.63, 3.8) is 0 Å². The van der Waals surface area contributed by atoms with Crippen LogP contribution in [0.5, 0.6) is 0 Å². The van der Waals surface area contributed by atoms with Gasteiger partial charge < -0.3 is 0 Å². The first-order chi connectivity index (χ1) is 25.2. The standard InChI is InChI=1S/C48H33N3/c1-3-32(25-24-31(2)47-38-19-9-4-14-33(38)26-27-49-47)48-50-45(43-28-34-15-5-7-17-36(34)39-20-10-12-22-41(39)43)30-46(51-48)44-29-35-16-6-8-18-37(35)40-21-11-13-23-42(40)44/h3-30H,1H2,2H3/b31-24+,32-25+. The van der Waals surface area contributed by atoms with Crippen LogP contribution in [-0.2, 0) is 0 Å². The number of hydrogen-bond donors (Lipinski definition) is 0. The lowest BCUT2D eigenvalue weighted by Crippen LogP contribution is -1.99. The predicted molar refractivity (Wildman–Crippen MR) is 216 cm³/mol. The number of allylic oxidation sites excluding steroid dienone is 5. The van der Waals surface area contributed by atoms with E-state index < -0.39 is 0 Å². The number of pyridine rings is 1. The minimum Gasteiger partial charge on any atom is -0.256 e. The van der Waals surface area contributed by atoms with Crippen molar-refractivity contribution in [2.75, 3.05) is 0 Å². The first-order valence-electron chi connectivity index (χ1n) is 17.2. The van der Waals surface area contributed by atoms with Crippen LogP contribution in [0, 0.1) is 0 Å². The van der Waals surface area contributed by atoms with Gasteiger partial charge in [0.25, 0.3) is 0 Å². The van der Waals surface area contributed by atoms with Crippen LogP contribution < -0.4 is 0 Å². The van der Waals surface area contributed by atoms with Gasteiger partial charge in [-0.3, -0.25) is 4.98 Å². The SMILES string of the molecule is C=C/C(=C\C=C(/C)c1nccc2ccccc12)c1nc(-c2cc3ccccc3c3ccccc23)cc(-c2cc3ccccc3c3ccccc23)n1. The number of hydrogen-bond acceptors (Lipinski definition) is 3. The van der Waals surface area contributed by atoms with Crippen LogP contribution in [-0.4, -0.2) is 15.0 Å². The maximum absolute atomic E-state index is 5.30. The highest BCUT2D eigenvalue weighted by Gasteiger charge is 2.17. The summed E-state index contributed by atoms with van der Waals surface area (Å²) in [6.07, 6.45) is 7.87. The van der Waals surface area contributed by atoms with E-state index in [2.05, 4.69) is 165 Å². The molecule has 0 fully saturated rings. The van der Waals surface area contributed by atoms with Crippen LogP contribution in [0.4, 0.5) is 0 Å². The first kappa shape index (κ1) is 30.4. The van der Waals surface area contributed by atoms with Gasteiger partial charge in [-0.25, -0.2) is 9.97 Å². The van der Waals surface area contributed by atoms with Crippen molar-refractivity contribution in [3.8, 4) is 22.5 Å². The Bertz CT molecular complexity index is 2750. The predicted octanol–water partition coefficient (Wildman–Crippen LogP) is 12.6. The zero-order valence-electron chi connectivity index (χ0n) is 28.2. The molecule has 0 spiro atoms. The van der Waals surface area contributed by atoms with Gasteiger partial charge in [0.2, 0.25) is 0 Å². The molecule has 9 rings (SSSR count). The summed E-state index contributed by atoms with van der Waals surface area (Å²) >= 11 is 0. The van der Waals surface area contributed by atoms with Gasteiger partial charge in [-0.05, 0) is 85.2 Å². The Morgan fingerprint density at radius 1 is 0.490 bits per heavy atom. The Labute approximate surface area is 296 Å². The van der Waals surface area contributed by atoms with Crippen LogP contribution in [0.25, 0.3) is 87.5 Å². The Morgan fingerprint density at radius 3 is 1.51 bits per heavy atom. The maximum atomic E-state index is 5.30. The molecular formula is C48H33N3. The van der Waals surface area contributed by atoms with Gasteiger partial charge in [0.15, 0.2) is 5.82 Å². The van der Waals surface area contributed by atoms with Crippen LogP contribution in [0.2, 0.25) is 0 Å². The van der Waals surface area contributed by atoms with Crippen LogP contribution in [0.1, 0.15) is 18.4 Å². The fraction of sp³-hybridized carbons (Fsp3) is 0.0208. The third-order valence-corrected chi connectivity index (χ3v) is 9.85. The van der Waals surface area contributed by atoms with Crippen molar-refractivity contribution in [3.05, 3.63) is 188 Å². The number of rotatable bonds is 6. The average Bonchev–Trinajstić information content (AvgIpc) is 3.20. The summed E-state index contributed by atoms with van der Waals surface area (Å²) in [5.74, 6) is 0.613. The molecule has 0 N–H and O–H groups in total. The van der Waals surface area contributed by atoms with E-state index in [-0.39, 0.29) is 0 Å². The molecule has 0 bridgehead atoms. The van der Waals surface area contributed by atoms with E-state index in [1.807, 2.05) is 18.3 Å². The van der Waals surface area contributed by atoms with Gasteiger partial charge in [0, 0.05) is 28.3 Å². The molecule has 51 heavy (non-hydrogen) atoms. The molecule has 0 saturated carbocycles. The molecule has 9 aromatic rings. The first-order valence-corrected chi connectivity index (χ1v) is 17.2. The van der Waals surface area contributed by atoms with Gasteiger partial charge in [0.05, 0.1) is 17.1 Å². The fourth-order valence-electron chi connectivity index (χ4n) is 7.35. The molecule has 3 heteroatoms. The Hall–Kier alpha value is -6.71. The summed E-state index contributed by atoms with van der Waals surface area (Å²) in [5, 5.41) is 11.8. The smallest absolute Gasteiger partial charge is 0.160 e. The zero-order chi connectivity index (χ0) is 34.3. The Balaban J connectivity index is 1.30. The molecule has 0 unspecified atom stereocenters. The second-order valence-corrected chi connectivity index (χ2v) is 12.9. The molecular weight excluding hydrogens is 619 g/mol. The number of aromatic nitrogens is 3. The molecule has 2 aromatic heterocycles. The lowest BCUT2D eigenvalue weighted by molar-refractivity contribution is 1.13. The minimum absolute atomic E-state index is 0.613. The van der Waals surface area contributed by atoms with Crippen LogP contribution >= 0.6 is 0 Å². The van der Waals surface area contributed by atoms with Crippen molar-refractivity contribution < 1.29 is 0 Å². The molecule has 0 aliphatic heterocycles. The van der Waals surface area contributed by atoms with Crippen molar-refractivity contribution in [1.29, 1.82) is 0 Å². The number of nitrogens with zero attached hydrogens (tertiary/aromatic N) is 3. The van der Waals surface area contributed by atoms with Crippen molar-refractivity contribution in [1.82, 2.24) is 15.0 Å². The molecule has 3 nitrogen and oxygen atoms in total. The lowest BCUT2D eigenvalue weighted by Gasteiger charge is -2.15. The van der Waals surface area contributed by atoms with Gasteiger partial charge in [-0.15, -0.1) is 0 Å². The van der Waals surface area contributed by atoms with Crippen LogP contribution in [0.3, 0.4) is 0 Å². The highest BCUT2D eigenvalue weighted by Crippen LogP contribution is 2.39. The van der Waals surface area contributed by atoms with E-state index >= 15 is 0 Å². The molecule has 240 valence electrons. The summed E-state index contributed by atoms with van der Waals surface area (Å²) in [4.78, 5) is 15.4. The topological polar surface area (TPSA) is 38.7 Å². The molecule has 0 saturated heterocycles. The number of benzene rings is 7. The van der Waals surface area contributed by atoms with Gasteiger partial charge in [-0.1, -0.05) is 146 Å². The lowest BCUT2D eigenvalue weighted by atomic mass is 9.93. The average molecular weight is 652 g/mol. The quantitative estimate of drug-likeness (QED) is 0.133. The molecule has 0 radical (unpaired) electrons. The Kier molecular flexibility index (Phi) is 7.52. The second-order valence-electron chi connectivity index (χ2n) is 12.9. The fourth-order valence-corrected chi connectivity index (χ4v) is 7.35. The van der Waals surface area contributed by atoms with Crippen molar-refractivity contribution in [2.24, 2.45) is 0 Å². The highest BCUT2D eigenvalue weighted by atomic mass is 14.9. The number of fused-ring (bicyclic) bond motifs is 7. The van der Waals surface area contributed by atoms with Gasteiger partial charge >= 0.3 is 0 Å². The van der Waals surface area contributed by atoms with Gasteiger partial charge in [-0.2, -0.15) is 0 Å². The second kappa shape index (κ2) is 12.6. The molecule has 0 aliphatic rings. The van der Waals surface area contributed by atoms with E-state index in [1.165, 1.54) is 32.3 Å². The summed E-state index contributed by atoms with van der Waals surface area (Å²) < 4.78 is 0. The highest BCUT2D eigenvalue weighted by molar-refractivity contribution is 6.15. The maximum Gasteiger partial charge on any atom is 0.160 e. The third kappa shape index (κ3) is 5.36. The van der Waals surface area contributed by atoms with Crippen molar-refractivity contribution >= 4 is 65.0 Å². The molecule has 2 heterocycles. The summed E-state index contributed by atoms with van der Waals surface area (Å²) in [7, 11) is 0. The van der Waals surface area contributed by atoms with E-state index in [0.29, 0.717) is 5.82 Å². The zero-order valence-corrected chi connectivity index (χ0v) is 28.2. The summed E-state index contributed by atoms with van der Waals surface area (Å²) in [5.41, 5.74) is 6.67. The van der Waals surface area contributed by atoms with Crippen LogP contribution in [0.15, 0.2) is 177 Å². The summed E-state index contributed by atoms with van der Waals surface area (Å²) in [6.45, 7) is 6.33. The van der Waals surface area contributed by atoms with Gasteiger partial charge in [0.1, 0.15) is 0 Å². The van der Waals surface area contributed by atoms with E-state index in [9.17, 15) is 0 Å². The Morgan fingerprint density at radius 2 is 0.961 bits per heavy atom. The minimum atomic E-state index is 0.613. The van der Waals surface area contributed by atoms with E-state index in [0.717, 1.165) is 60.9 Å². The molecule has 0 aliphatic carbocycles. The summed E-state index contributed by atoms with van der Waals surface area (Å²) in [6, 6.07) is 51.4. The van der Waals surface area contributed by atoms with E-state index in [1.54, 1.807) is 0 Å². The third-order valence-electron chi connectivity index (χ3n) is 9.85. The normalized spacial score (nSPS) is 12.3. The largest absolute Gasteiger partial charge is 0.256 e. The van der Waals surface area contributed by atoms with Crippen molar-refractivity contribution in [2.45, 2.75) is 6.92 Å². The molecule has 7 aromatic carbocycles. The van der Waals surface area contributed by atoms with E-state index in [4.69, 9.17) is 15.0 Å². The monoisotopic (exact) mass is 651 g/mol. The molecule has 0 atom stereocenters. The molecule has 0 amide bonds.